The number of carbonyl (C=O) groups excluding carboxylic acids is 1. The van der Waals surface area contributed by atoms with Gasteiger partial charge in [0.15, 0.2) is 0 Å². The molecule has 116 valence electrons. The van der Waals surface area contributed by atoms with Gasteiger partial charge in [0.1, 0.15) is 0 Å². The van der Waals surface area contributed by atoms with Crippen molar-refractivity contribution in [3.63, 3.8) is 0 Å². The summed E-state index contributed by atoms with van der Waals surface area (Å²) >= 11 is 1.60. The maximum absolute atomic E-state index is 12.2. The van der Waals surface area contributed by atoms with Crippen molar-refractivity contribution in [2.45, 2.75) is 26.3 Å². The molecule has 4 nitrogen and oxygen atoms in total. The van der Waals surface area contributed by atoms with Crippen LogP contribution in [0.5, 0.6) is 0 Å². The monoisotopic (exact) mass is 316 g/mol. The van der Waals surface area contributed by atoms with Crippen LogP contribution in [0.25, 0.3) is 11.3 Å². The fraction of sp³-hybridized carbons (Fsp3) is 0.294. The van der Waals surface area contributed by atoms with Crippen molar-refractivity contribution in [2.75, 3.05) is 6.61 Å². The number of nitrogens with one attached hydrogen (secondary N) is 1. The van der Waals surface area contributed by atoms with Gasteiger partial charge in [0.05, 0.1) is 23.4 Å². The van der Waals surface area contributed by atoms with Crippen LogP contribution >= 0.6 is 11.3 Å². The third-order valence-corrected chi connectivity index (χ3v) is 4.05. The number of nitrogens with zero attached hydrogens (tertiary/aromatic N) is 1. The van der Waals surface area contributed by atoms with Crippen molar-refractivity contribution >= 4 is 17.2 Å². The fourth-order valence-electron chi connectivity index (χ4n) is 2.04. The largest absolute Gasteiger partial charge is 0.394 e. The standard InChI is InChI=1S/C17H20N2O2S/c1-3-4-5-15(10-20)19-17(21)14-8-6-13(7-9-14)16-11-22-12(2)18-16/h3-4,6-9,11,15,20H,5,10H2,1-2H3,(H,19,21). The Bertz CT molecular complexity index is 647. The predicted molar refractivity (Wildman–Crippen MR) is 90.1 cm³/mol. The van der Waals surface area contributed by atoms with Crippen molar-refractivity contribution < 1.29 is 9.90 Å². The molecule has 0 fully saturated rings. The molecule has 1 heterocycles. The molecule has 0 aliphatic heterocycles. The summed E-state index contributed by atoms with van der Waals surface area (Å²) in [6.45, 7) is 3.80. The van der Waals surface area contributed by atoms with Gasteiger partial charge in [-0.1, -0.05) is 24.3 Å². The molecule has 1 atom stereocenters. The first-order valence-electron chi connectivity index (χ1n) is 7.19. The molecule has 0 bridgehead atoms. The third-order valence-electron chi connectivity index (χ3n) is 3.27. The lowest BCUT2D eigenvalue weighted by Gasteiger charge is -2.14. The number of allylic oxidation sites excluding steroid dienone is 1. The van der Waals surface area contributed by atoms with Crippen molar-refractivity contribution in [3.8, 4) is 11.3 Å². The Hall–Kier alpha value is -1.98. The minimum absolute atomic E-state index is 0.0771. The average Bonchev–Trinajstić information content (AvgIpc) is 2.98. The van der Waals surface area contributed by atoms with E-state index in [2.05, 4.69) is 10.3 Å². The highest BCUT2D eigenvalue weighted by Crippen LogP contribution is 2.21. The number of benzene rings is 1. The summed E-state index contributed by atoms with van der Waals surface area (Å²) in [5.41, 5.74) is 2.50. The zero-order valence-electron chi connectivity index (χ0n) is 12.7. The van der Waals surface area contributed by atoms with Crippen LogP contribution in [0.2, 0.25) is 0 Å². The molecule has 0 saturated carbocycles. The second kappa shape index (κ2) is 7.87. The van der Waals surface area contributed by atoms with Gasteiger partial charge in [-0.05, 0) is 32.4 Å². The molecule has 0 aliphatic carbocycles. The molecule has 1 amide bonds. The van der Waals surface area contributed by atoms with Crippen molar-refractivity contribution in [1.82, 2.24) is 10.3 Å². The summed E-state index contributed by atoms with van der Waals surface area (Å²) in [6.07, 6.45) is 4.45. The summed E-state index contributed by atoms with van der Waals surface area (Å²) in [7, 11) is 0. The van der Waals surface area contributed by atoms with Gasteiger partial charge in [0.25, 0.3) is 5.91 Å². The van der Waals surface area contributed by atoms with Crippen LogP contribution in [0.15, 0.2) is 41.8 Å². The van der Waals surface area contributed by atoms with E-state index in [-0.39, 0.29) is 18.6 Å². The van der Waals surface area contributed by atoms with Gasteiger partial charge in [-0.25, -0.2) is 4.98 Å². The van der Waals surface area contributed by atoms with Crippen LogP contribution in [0.4, 0.5) is 0 Å². The number of aliphatic hydroxyl groups excluding tert-OH is 1. The zero-order chi connectivity index (χ0) is 15.9. The van der Waals surface area contributed by atoms with E-state index < -0.39 is 0 Å². The molecule has 0 aliphatic rings. The van der Waals surface area contributed by atoms with Crippen LogP contribution < -0.4 is 5.32 Å². The minimum Gasteiger partial charge on any atom is -0.394 e. The molecule has 1 unspecified atom stereocenters. The molecule has 22 heavy (non-hydrogen) atoms. The molecule has 5 heteroatoms. The van der Waals surface area contributed by atoms with Gasteiger partial charge in [-0.15, -0.1) is 11.3 Å². The summed E-state index contributed by atoms with van der Waals surface area (Å²) in [6, 6.07) is 7.09. The SMILES string of the molecule is CC=CCC(CO)NC(=O)c1ccc(-c2csc(C)n2)cc1. The lowest BCUT2D eigenvalue weighted by molar-refractivity contribution is 0.0917. The van der Waals surface area contributed by atoms with E-state index in [0.29, 0.717) is 12.0 Å². The molecular formula is C17H20N2O2S. The Kier molecular flexibility index (Phi) is 5.86. The van der Waals surface area contributed by atoms with E-state index in [9.17, 15) is 9.90 Å². The molecular weight excluding hydrogens is 296 g/mol. The maximum atomic E-state index is 12.2. The number of aromatic nitrogens is 1. The van der Waals surface area contributed by atoms with Gasteiger partial charge in [-0.2, -0.15) is 0 Å². The Labute approximate surface area is 134 Å². The Morgan fingerprint density at radius 1 is 1.41 bits per heavy atom. The van der Waals surface area contributed by atoms with Gasteiger partial charge in [-0.3, -0.25) is 4.79 Å². The quantitative estimate of drug-likeness (QED) is 0.805. The molecule has 0 spiro atoms. The van der Waals surface area contributed by atoms with E-state index in [1.165, 1.54) is 0 Å². The number of rotatable bonds is 6. The number of amides is 1. The van der Waals surface area contributed by atoms with E-state index in [1.54, 1.807) is 23.5 Å². The summed E-state index contributed by atoms with van der Waals surface area (Å²) in [5.74, 6) is -0.176. The predicted octanol–water partition coefficient (Wildman–Crippen LogP) is 3.18. The molecule has 0 saturated heterocycles. The topological polar surface area (TPSA) is 62.2 Å². The van der Waals surface area contributed by atoms with E-state index >= 15 is 0 Å². The summed E-state index contributed by atoms with van der Waals surface area (Å²) in [4.78, 5) is 16.6. The second-order valence-corrected chi connectivity index (χ2v) is 6.05. The van der Waals surface area contributed by atoms with Gasteiger partial charge in [0.2, 0.25) is 0 Å². The van der Waals surface area contributed by atoms with Crippen molar-refractivity contribution in [2.24, 2.45) is 0 Å². The number of carbonyl (C=O) groups is 1. The van der Waals surface area contributed by atoms with E-state index in [4.69, 9.17) is 0 Å². The Balaban J connectivity index is 2.04. The minimum atomic E-state index is -0.260. The van der Waals surface area contributed by atoms with Crippen LogP contribution in [-0.2, 0) is 0 Å². The Morgan fingerprint density at radius 3 is 2.68 bits per heavy atom. The van der Waals surface area contributed by atoms with Gasteiger partial charge >= 0.3 is 0 Å². The van der Waals surface area contributed by atoms with Crippen LogP contribution in [-0.4, -0.2) is 28.6 Å². The lowest BCUT2D eigenvalue weighted by atomic mass is 10.1. The average molecular weight is 316 g/mol. The van der Waals surface area contributed by atoms with E-state index in [1.807, 2.05) is 43.5 Å². The zero-order valence-corrected chi connectivity index (χ0v) is 13.6. The van der Waals surface area contributed by atoms with E-state index in [0.717, 1.165) is 16.3 Å². The third kappa shape index (κ3) is 4.26. The van der Waals surface area contributed by atoms with Crippen molar-refractivity contribution in [3.05, 3.63) is 52.4 Å². The van der Waals surface area contributed by atoms with Crippen LogP contribution in [0, 0.1) is 6.92 Å². The first-order chi connectivity index (χ1) is 10.6. The Morgan fingerprint density at radius 2 is 2.14 bits per heavy atom. The lowest BCUT2D eigenvalue weighted by Crippen LogP contribution is -2.37. The maximum Gasteiger partial charge on any atom is 0.251 e. The van der Waals surface area contributed by atoms with Gasteiger partial charge in [0, 0.05) is 16.5 Å². The molecule has 0 radical (unpaired) electrons. The summed E-state index contributed by atoms with van der Waals surface area (Å²) in [5, 5.41) is 15.1. The first kappa shape index (κ1) is 16.4. The molecule has 1 aromatic carbocycles. The number of aryl methyl sites for hydroxylation is 1. The molecule has 2 aromatic rings. The highest BCUT2D eigenvalue weighted by Gasteiger charge is 2.12. The number of thiazole rings is 1. The number of aliphatic hydroxyl groups is 1. The van der Waals surface area contributed by atoms with Crippen molar-refractivity contribution in [1.29, 1.82) is 0 Å². The van der Waals surface area contributed by atoms with Gasteiger partial charge < -0.3 is 10.4 Å². The summed E-state index contributed by atoms with van der Waals surface area (Å²) < 4.78 is 0. The number of hydrogen-bond acceptors (Lipinski definition) is 4. The van der Waals surface area contributed by atoms with Crippen LogP contribution in [0.1, 0.15) is 28.7 Å². The molecule has 2 N–H and O–H groups in total. The second-order valence-electron chi connectivity index (χ2n) is 4.99. The first-order valence-corrected chi connectivity index (χ1v) is 8.07. The highest BCUT2D eigenvalue weighted by atomic mass is 32.1. The fourth-order valence-corrected chi connectivity index (χ4v) is 2.66. The number of hydrogen-bond donors (Lipinski definition) is 2. The molecule has 1 aromatic heterocycles. The highest BCUT2D eigenvalue weighted by molar-refractivity contribution is 7.09. The smallest absolute Gasteiger partial charge is 0.251 e. The van der Waals surface area contributed by atoms with Crippen LogP contribution in [0.3, 0.4) is 0 Å². The normalized spacial score (nSPS) is 12.5. The molecule has 2 rings (SSSR count).